The van der Waals surface area contributed by atoms with Gasteiger partial charge in [-0.25, -0.2) is 13.6 Å². The topological polar surface area (TPSA) is 107 Å². The Kier molecular flexibility index (Phi) is 3.98. The number of nitrogens with one attached hydrogen (secondary N) is 1. The first-order chi connectivity index (χ1) is 8.84. The van der Waals surface area contributed by atoms with E-state index in [1.165, 1.54) is 12.1 Å². The largest absolute Gasteiger partial charge is 0.399 e. The zero-order valence-corrected chi connectivity index (χ0v) is 11.6. The van der Waals surface area contributed by atoms with Crippen LogP contribution < -0.4 is 16.2 Å². The molecular formula is C12H19N3O3S. The number of primary sulfonamides is 1. The molecule has 0 aromatic heterocycles. The van der Waals surface area contributed by atoms with Crippen LogP contribution in [-0.2, 0) is 14.8 Å². The van der Waals surface area contributed by atoms with Crippen LogP contribution in [0.3, 0.4) is 0 Å². The van der Waals surface area contributed by atoms with Crippen LogP contribution in [0.15, 0.2) is 23.1 Å². The van der Waals surface area contributed by atoms with Crippen molar-refractivity contribution in [3.05, 3.63) is 18.2 Å². The molecule has 0 bridgehead atoms. The molecule has 5 N–H and O–H groups in total. The Morgan fingerprint density at radius 3 is 2.74 bits per heavy atom. The highest BCUT2D eigenvalue weighted by Crippen LogP contribution is 2.23. The molecule has 1 heterocycles. The summed E-state index contributed by atoms with van der Waals surface area (Å²) in [6, 6.07) is 4.81. The first kappa shape index (κ1) is 14.1. The summed E-state index contributed by atoms with van der Waals surface area (Å²) in [4.78, 5) is 0.0232. The zero-order chi connectivity index (χ0) is 14.0. The maximum absolute atomic E-state index is 11.4. The fraction of sp³-hybridized carbons (Fsp3) is 0.500. The molecule has 0 saturated carbocycles. The monoisotopic (exact) mass is 285 g/mol. The van der Waals surface area contributed by atoms with Gasteiger partial charge in [0.2, 0.25) is 10.0 Å². The number of ether oxygens (including phenoxy) is 1. The lowest BCUT2D eigenvalue weighted by atomic mass is 10.0. The molecule has 0 amide bonds. The standard InChI is InChI=1S/C12H19N3O3S/c1-8-4-10(2-3-18-8)15-11-5-9(13)6-12(7-11)19(14,16)17/h5-8,10,15H,2-4,13H2,1H3,(H2,14,16,17). The Morgan fingerprint density at radius 1 is 1.37 bits per heavy atom. The number of benzene rings is 1. The smallest absolute Gasteiger partial charge is 0.238 e. The van der Waals surface area contributed by atoms with Crippen LogP contribution in [0, 0.1) is 0 Å². The van der Waals surface area contributed by atoms with E-state index in [1.807, 2.05) is 6.92 Å². The van der Waals surface area contributed by atoms with Crippen molar-refractivity contribution >= 4 is 21.4 Å². The predicted octanol–water partition coefficient (Wildman–Crippen LogP) is 0.896. The van der Waals surface area contributed by atoms with Crippen molar-refractivity contribution in [1.29, 1.82) is 0 Å². The number of sulfonamides is 1. The average Bonchev–Trinajstić information content (AvgIpc) is 2.26. The van der Waals surface area contributed by atoms with Crippen molar-refractivity contribution in [3.8, 4) is 0 Å². The molecule has 2 rings (SSSR count). The number of rotatable bonds is 3. The predicted molar refractivity (Wildman–Crippen MR) is 74.3 cm³/mol. The number of nitrogens with two attached hydrogens (primary N) is 2. The minimum Gasteiger partial charge on any atom is -0.399 e. The van der Waals surface area contributed by atoms with Crippen molar-refractivity contribution in [2.45, 2.75) is 36.8 Å². The summed E-state index contributed by atoms with van der Waals surface area (Å²) in [5.41, 5.74) is 6.74. The summed E-state index contributed by atoms with van der Waals surface area (Å²) >= 11 is 0. The minimum absolute atomic E-state index is 0.0232. The number of hydrogen-bond donors (Lipinski definition) is 3. The lowest BCUT2D eigenvalue weighted by Crippen LogP contribution is -2.32. The third-order valence-electron chi connectivity index (χ3n) is 3.11. The SMILES string of the molecule is CC1CC(Nc2cc(N)cc(S(N)(=O)=O)c2)CCO1. The third-order valence-corrected chi connectivity index (χ3v) is 4.01. The molecule has 0 aliphatic carbocycles. The Labute approximate surface area is 113 Å². The number of anilines is 2. The molecule has 6 nitrogen and oxygen atoms in total. The van der Waals surface area contributed by atoms with Gasteiger partial charge in [0, 0.05) is 24.0 Å². The second-order valence-corrected chi connectivity index (χ2v) is 6.44. The van der Waals surface area contributed by atoms with Crippen molar-refractivity contribution in [2.24, 2.45) is 5.14 Å². The van der Waals surface area contributed by atoms with Gasteiger partial charge in [-0.05, 0) is 38.0 Å². The van der Waals surface area contributed by atoms with E-state index >= 15 is 0 Å². The van der Waals surface area contributed by atoms with Gasteiger partial charge in [-0.15, -0.1) is 0 Å². The molecule has 1 aliphatic heterocycles. The Hall–Kier alpha value is -1.31. The molecule has 106 valence electrons. The van der Waals surface area contributed by atoms with Gasteiger partial charge in [0.1, 0.15) is 0 Å². The van der Waals surface area contributed by atoms with Crippen molar-refractivity contribution in [3.63, 3.8) is 0 Å². The van der Waals surface area contributed by atoms with E-state index in [9.17, 15) is 8.42 Å². The Balaban J connectivity index is 2.18. The molecule has 1 aromatic carbocycles. The van der Waals surface area contributed by atoms with E-state index in [4.69, 9.17) is 15.6 Å². The molecule has 19 heavy (non-hydrogen) atoms. The molecule has 1 fully saturated rings. The van der Waals surface area contributed by atoms with Crippen LogP contribution in [0.5, 0.6) is 0 Å². The van der Waals surface area contributed by atoms with Gasteiger partial charge in [0.05, 0.1) is 11.0 Å². The third kappa shape index (κ3) is 3.82. The maximum Gasteiger partial charge on any atom is 0.238 e. The van der Waals surface area contributed by atoms with E-state index in [1.54, 1.807) is 6.07 Å². The Morgan fingerprint density at radius 2 is 2.11 bits per heavy atom. The molecule has 2 atom stereocenters. The summed E-state index contributed by atoms with van der Waals surface area (Å²) in [5, 5.41) is 8.40. The van der Waals surface area contributed by atoms with Crippen LogP contribution in [0.4, 0.5) is 11.4 Å². The molecular weight excluding hydrogens is 266 g/mol. The quantitative estimate of drug-likeness (QED) is 0.715. The summed E-state index contributed by atoms with van der Waals surface area (Å²) < 4.78 is 28.2. The second-order valence-electron chi connectivity index (χ2n) is 4.88. The fourth-order valence-electron chi connectivity index (χ4n) is 2.23. The van der Waals surface area contributed by atoms with Gasteiger partial charge in [-0.1, -0.05) is 0 Å². The molecule has 1 saturated heterocycles. The molecule has 1 aromatic rings. The highest BCUT2D eigenvalue weighted by Gasteiger charge is 2.19. The Bertz CT molecular complexity index is 559. The zero-order valence-electron chi connectivity index (χ0n) is 10.8. The fourth-order valence-corrected chi connectivity index (χ4v) is 2.83. The number of hydrogen-bond acceptors (Lipinski definition) is 5. The lowest BCUT2D eigenvalue weighted by Gasteiger charge is -2.28. The van der Waals surface area contributed by atoms with Crippen molar-refractivity contribution in [2.75, 3.05) is 17.7 Å². The van der Waals surface area contributed by atoms with Gasteiger partial charge >= 0.3 is 0 Å². The van der Waals surface area contributed by atoms with E-state index in [-0.39, 0.29) is 17.0 Å². The minimum atomic E-state index is -3.74. The average molecular weight is 285 g/mol. The molecule has 7 heteroatoms. The number of nitrogen functional groups attached to an aromatic ring is 1. The van der Waals surface area contributed by atoms with Crippen LogP contribution in [0.2, 0.25) is 0 Å². The molecule has 1 aliphatic rings. The van der Waals surface area contributed by atoms with Crippen LogP contribution >= 0.6 is 0 Å². The van der Waals surface area contributed by atoms with Crippen LogP contribution in [0.25, 0.3) is 0 Å². The van der Waals surface area contributed by atoms with Crippen molar-refractivity contribution in [1.82, 2.24) is 0 Å². The van der Waals surface area contributed by atoms with E-state index in [2.05, 4.69) is 5.32 Å². The van der Waals surface area contributed by atoms with Crippen LogP contribution in [-0.4, -0.2) is 27.2 Å². The summed E-state index contributed by atoms with van der Waals surface area (Å²) in [6.07, 6.45) is 1.95. The summed E-state index contributed by atoms with van der Waals surface area (Å²) in [7, 11) is -3.74. The van der Waals surface area contributed by atoms with E-state index in [0.29, 0.717) is 18.0 Å². The molecule has 0 spiro atoms. The highest BCUT2D eigenvalue weighted by atomic mass is 32.2. The maximum atomic E-state index is 11.4. The van der Waals surface area contributed by atoms with Gasteiger partial charge in [0.15, 0.2) is 0 Å². The van der Waals surface area contributed by atoms with Gasteiger partial charge in [0.25, 0.3) is 0 Å². The molecule has 2 unspecified atom stereocenters. The van der Waals surface area contributed by atoms with Gasteiger partial charge < -0.3 is 15.8 Å². The van der Waals surface area contributed by atoms with Gasteiger partial charge in [-0.3, -0.25) is 0 Å². The highest BCUT2D eigenvalue weighted by molar-refractivity contribution is 7.89. The van der Waals surface area contributed by atoms with E-state index < -0.39 is 10.0 Å². The molecule has 0 radical (unpaired) electrons. The van der Waals surface area contributed by atoms with Crippen molar-refractivity contribution < 1.29 is 13.2 Å². The van der Waals surface area contributed by atoms with E-state index in [0.717, 1.165) is 12.8 Å². The summed E-state index contributed by atoms with van der Waals surface area (Å²) in [5.74, 6) is 0. The first-order valence-corrected chi connectivity index (χ1v) is 7.71. The first-order valence-electron chi connectivity index (χ1n) is 6.16. The second kappa shape index (κ2) is 5.36. The summed E-state index contributed by atoms with van der Waals surface area (Å²) in [6.45, 7) is 2.71. The lowest BCUT2D eigenvalue weighted by molar-refractivity contribution is 0.0232. The normalized spacial score (nSPS) is 24.1. The van der Waals surface area contributed by atoms with Gasteiger partial charge in [-0.2, -0.15) is 0 Å². The van der Waals surface area contributed by atoms with Crippen LogP contribution in [0.1, 0.15) is 19.8 Å².